The molecule has 0 unspecified atom stereocenters. The fourth-order valence-electron chi connectivity index (χ4n) is 2.32. The van der Waals surface area contributed by atoms with Crippen LogP contribution in [0.4, 0.5) is 8.78 Å². The van der Waals surface area contributed by atoms with Crippen molar-refractivity contribution in [1.29, 1.82) is 0 Å². The van der Waals surface area contributed by atoms with Gasteiger partial charge in [0.1, 0.15) is 11.6 Å². The molecule has 1 aromatic rings. The molecule has 0 aliphatic carbocycles. The van der Waals surface area contributed by atoms with Gasteiger partial charge in [0.05, 0.1) is 6.42 Å². The first-order chi connectivity index (χ1) is 8.98. The van der Waals surface area contributed by atoms with Gasteiger partial charge in [-0.1, -0.05) is 6.07 Å². The first-order valence-electron chi connectivity index (χ1n) is 6.44. The van der Waals surface area contributed by atoms with Crippen molar-refractivity contribution in [2.45, 2.75) is 31.7 Å². The first kappa shape index (κ1) is 16.9. The van der Waals surface area contributed by atoms with Gasteiger partial charge >= 0.3 is 0 Å². The highest BCUT2D eigenvalue weighted by molar-refractivity contribution is 5.85. The Kier molecular flexibility index (Phi) is 5.89. The highest BCUT2D eigenvalue weighted by Gasteiger charge is 2.28. The summed E-state index contributed by atoms with van der Waals surface area (Å²) in [6.45, 7) is 3.72. The smallest absolute Gasteiger partial charge is 0.224 e. The molecule has 1 aliphatic rings. The molecule has 0 bridgehead atoms. The maximum Gasteiger partial charge on any atom is 0.224 e. The molecule has 1 saturated heterocycles. The summed E-state index contributed by atoms with van der Waals surface area (Å²) < 4.78 is 26.2. The van der Waals surface area contributed by atoms with Crippen molar-refractivity contribution in [2.24, 2.45) is 0 Å². The summed E-state index contributed by atoms with van der Waals surface area (Å²) in [5, 5.41) is 6.17. The number of nitrogens with one attached hydrogen (secondary N) is 2. The van der Waals surface area contributed by atoms with Crippen LogP contribution in [0.2, 0.25) is 0 Å². The molecular weight excluding hydrogens is 286 g/mol. The van der Waals surface area contributed by atoms with E-state index in [0.29, 0.717) is 0 Å². The number of carbonyl (C=O) groups excluding carboxylic acids is 1. The van der Waals surface area contributed by atoms with E-state index in [1.165, 1.54) is 6.07 Å². The van der Waals surface area contributed by atoms with Gasteiger partial charge in [-0.3, -0.25) is 4.79 Å². The molecule has 20 heavy (non-hydrogen) atoms. The standard InChI is InChI=1S/C14H18F2N2O.ClH/c1-14(4-6-17-7-5-14)18-13(19)8-10-2-3-11(15)9-12(10)16;/h2-3,9,17H,4-8H2,1H3,(H,18,19);1H. The summed E-state index contributed by atoms with van der Waals surface area (Å²) in [5.41, 5.74) is -0.0183. The lowest BCUT2D eigenvalue weighted by molar-refractivity contribution is -0.122. The molecule has 1 amide bonds. The van der Waals surface area contributed by atoms with Crippen LogP contribution in [0.3, 0.4) is 0 Å². The van der Waals surface area contributed by atoms with Gasteiger partial charge in [0.25, 0.3) is 0 Å². The Balaban J connectivity index is 0.00000200. The minimum absolute atomic E-state index is 0. The van der Waals surface area contributed by atoms with E-state index in [2.05, 4.69) is 10.6 Å². The second-order valence-corrected chi connectivity index (χ2v) is 5.27. The van der Waals surface area contributed by atoms with Gasteiger partial charge in [-0.05, 0) is 44.5 Å². The van der Waals surface area contributed by atoms with Crippen molar-refractivity contribution in [3.63, 3.8) is 0 Å². The van der Waals surface area contributed by atoms with Crippen LogP contribution in [-0.2, 0) is 11.2 Å². The van der Waals surface area contributed by atoms with Crippen molar-refractivity contribution in [1.82, 2.24) is 10.6 Å². The molecular formula is C14H19ClF2N2O. The van der Waals surface area contributed by atoms with Gasteiger partial charge < -0.3 is 10.6 Å². The van der Waals surface area contributed by atoms with E-state index in [-0.39, 0.29) is 35.8 Å². The Morgan fingerprint density at radius 2 is 2.00 bits per heavy atom. The second-order valence-electron chi connectivity index (χ2n) is 5.27. The maximum absolute atomic E-state index is 13.5. The van der Waals surface area contributed by atoms with Crippen molar-refractivity contribution < 1.29 is 13.6 Å². The summed E-state index contributed by atoms with van der Waals surface area (Å²) in [6, 6.07) is 3.28. The molecule has 1 fully saturated rings. The van der Waals surface area contributed by atoms with Crippen LogP contribution in [0.25, 0.3) is 0 Å². The Labute approximate surface area is 123 Å². The van der Waals surface area contributed by atoms with Crippen LogP contribution in [0.5, 0.6) is 0 Å². The van der Waals surface area contributed by atoms with Crippen molar-refractivity contribution in [3.8, 4) is 0 Å². The summed E-state index contributed by atoms with van der Waals surface area (Å²) in [4.78, 5) is 11.9. The van der Waals surface area contributed by atoms with E-state index in [9.17, 15) is 13.6 Å². The van der Waals surface area contributed by atoms with Crippen molar-refractivity contribution in [3.05, 3.63) is 35.4 Å². The molecule has 0 atom stereocenters. The first-order valence-corrected chi connectivity index (χ1v) is 6.44. The monoisotopic (exact) mass is 304 g/mol. The zero-order valence-corrected chi connectivity index (χ0v) is 12.2. The minimum Gasteiger partial charge on any atom is -0.351 e. The molecule has 1 aliphatic heterocycles. The Morgan fingerprint density at radius 1 is 1.35 bits per heavy atom. The normalized spacial score (nSPS) is 17.1. The molecule has 1 heterocycles. The van der Waals surface area contributed by atoms with E-state index in [0.717, 1.165) is 38.1 Å². The number of halogens is 3. The van der Waals surface area contributed by atoms with Crippen LogP contribution < -0.4 is 10.6 Å². The van der Waals surface area contributed by atoms with Gasteiger partial charge in [-0.15, -0.1) is 12.4 Å². The van der Waals surface area contributed by atoms with Crippen LogP contribution in [0.1, 0.15) is 25.3 Å². The second kappa shape index (κ2) is 6.99. The zero-order chi connectivity index (χ0) is 13.9. The van der Waals surface area contributed by atoms with Gasteiger partial charge in [0.15, 0.2) is 0 Å². The lowest BCUT2D eigenvalue weighted by Gasteiger charge is -2.35. The molecule has 2 N–H and O–H groups in total. The number of carbonyl (C=O) groups is 1. The van der Waals surface area contributed by atoms with E-state index < -0.39 is 11.6 Å². The molecule has 1 aromatic carbocycles. The summed E-state index contributed by atoms with van der Waals surface area (Å²) in [6.07, 6.45) is 1.64. The molecule has 0 aromatic heterocycles. The molecule has 0 spiro atoms. The molecule has 0 radical (unpaired) electrons. The molecule has 3 nitrogen and oxygen atoms in total. The lowest BCUT2D eigenvalue weighted by atomic mass is 9.90. The largest absolute Gasteiger partial charge is 0.351 e. The van der Waals surface area contributed by atoms with E-state index >= 15 is 0 Å². The average Bonchev–Trinajstić information content (AvgIpc) is 2.33. The van der Waals surface area contributed by atoms with Crippen LogP contribution in [-0.4, -0.2) is 24.5 Å². The van der Waals surface area contributed by atoms with Gasteiger partial charge in [-0.25, -0.2) is 8.78 Å². The van der Waals surface area contributed by atoms with Crippen LogP contribution in [0.15, 0.2) is 18.2 Å². The SMILES string of the molecule is CC1(NC(=O)Cc2ccc(F)cc2F)CCNCC1.Cl. The van der Waals surface area contributed by atoms with Crippen LogP contribution >= 0.6 is 12.4 Å². The maximum atomic E-state index is 13.5. The van der Waals surface area contributed by atoms with Crippen molar-refractivity contribution >= 4 is 18.3 Å². The van der Waals surface area contributed by atoms with Gasteiger partial charge in [0, 0.05) is 11.6 Å². The quantitative estimate of drug-likeness (QED) is 0.899. The number of hydrogen-bond acceptors (Lipinski definition) is 2. The number of rotatable bonds is 3. The third-order valence-electron chi connectivity index (χ3n) is 3.51. The van der Waals surface area contributed by atoms with E-state index in [4.69, 9.17) is 0 Å². The Morgan fingerprint density at radius 3 is 2.60 bits per heavy atom. The van der Waals surface area contributed by atoms with Crippen molar-refractivity contribution in [2.75, 3.05) is 13.1 Å². The van der Waals surface area contributed by atoms with Gasteiger partial charge in [-0.2, -0.15) is 0 Å². The summed E-state index contributed by atoms with van der Waals surface area (Å²) >= 11 is 0. The predicted molar refractivity (Wildman–Crippen MR) is 76.0 cm³/mol. The average molecular weight is 305 g/mol. The number of amides is 1. The number of hydrogen-bond donors (Lipinski definition) is 2. The fraction of sp³-hybridized carbons (Fsp3) is 0.500. The number of piperidine rings is 1. The third-order valence-corrected chi connectivity index (χ3v) is 3.51. The molecule has 2 rings (SSSR count). The highest BCUT2D eigenvalue weighted by atomic mass is 35.5. The number of benzene rings is 1. The summed E-state index contributed by atoms with van der Waals surface area (Å²) in [5.74, 6) is -1.53. The molecule has 112 valence electrons. The fourth-order valence-corrected chi connectivity index (χ4v) is 2.32. The Hall–Kier alpha value is -1.20. The van der Waals surface area contributed by atoms with Gasteiger partial charge in [0.2, 0.25) is 5.91 Å². The van der Waals surface area contributed by atoms with Crippen LogP contribution in [0, 0.1) is 11.6 Å². The highest BCUT2D eigenvalue weighted by Crippen LogP contribution is 2.18. The Bertz CT molecular complexity index is 476. The zero-order valence-electron chi connectivity index (χ0n) is 11.3. The third kappa shape index (κ3) is 4.42. The summed E-state index contributed by atoms with van der Waals surface area (Å²) in [7, 11) is 0. The lowest BCUT2D eigenvalue weighted by Crippen LogP contribution is -2.52. The molecule has 0 saturated carbocycles. The molecule has 6 heteroatoms. The van der Waals surface area contributed by atoms with E-state index in [1.807, 2.05) is 6.92 Å². The minimum atomic E-state index is -0.675. The topological polar surface area (TPSA) is 41.1 Å². The van der Waals surface area contributed by atoms with E-state index in [1.54, 1.807) is 0 Å². The predicted octanol–water partition coefficient (Wildman–Crippen LogP) is 2.19.